The monoisotopic (exact) mass is 322 g/mol. The first kappa shape index (κ1) is 17.3. The molecule has 0 spiro atoms. The summed E-state index contributed by atoms with van der Waals surface area (Å²) < 4.78 is 29.3. The fourth-order valence-electron chi connectivity index (χ4n) is 1.46. The molecule has 0 aliphatic carbocycles. The van der Waals surface area contributed by atoms with Gasteiger partial charge in [0.2, 0.25) is 0 Å². The minimum absolute atomic E-state index is 0.133. The molecule has 20 heavy (non-hydrogen) atoms. The molecule has 0 aliphatic rings. The number of hydrogen-bond acceptors (Lipinski definition) is 6. The number of nitrogens with zero attached hydrogens (tertiary/aromatic N) is 1. The Balaban J connectivity index is 2.46. The van der Waals surface area contributed by atoms with Gasteiger partial charge in [0.15, 0.2) is 0 Å². The molecule has 1 heterocycles. The number of nitrogens with one attached hydrogen (secondary N) is 1. The zero-order chi connectivity index (χ0) is 15.0. The Morgan fingerprint density at radius 3 is 2.55 bits per heavy atom. The van der Waals surface area contributed by atoms with Crippen LogP contribution in [0.1, 0.15) is 13.8 Å². The van der Waals surface area contributed by atoms with Crippen molar-refractivity contribution in [1.82, 2.24) is 9.55 Å². The van der Waals surface area contributed by atoms with Crippen LogP contribution < -0.4 is 5.69 Å². The predicted octanol–water partition coefficient (Wildman–Crippen LogP) is 2.15. The largest absolute Gasteiger partial charge is 0.367 e. The van der Waals surface area contributed by atoms with Crippen LogP contribution in [-0.2, 0) is 24.9 Å². The highest BCUT2D eigenvalue weighted by Gasteiger charge is 2.23. The van der Waals surface area contributed by atoms with Gasteiger partial charge in [-0.3, -0.25) is 14.1 Å². The van der Waals surface area contributed by atoms with Crippen molar-refractivity contribution in [3.63, 3.8) is 0 Å². The molecule has 0 fully saturated rings. The minimum atomic E-state index is -3.19. The van der Waals surface area contributed by atoms with Gasteiger partial charge in [0.25, 0.3) is 0 Å². The molecule has 1 rings (SSSR count). The molecular formula is C11H19N2O5PS. The second kappa shape index (κ2) is 8.49. The summed E-state index contributed by atoms with van der Waals surface area (Å²) in [4.78, 5) is 14.0. The highest BCUT2D eigenvalue weighted by Crippen LogP contribution is 2.47. The van der Waals surface area contributed by atoms with Crippen LogP contribution in [0.4, 0.5) is 0 Å². The Labute approximate surface area is 122 Å². The Morgan fingerprint density at radius 2 is 2.00 bits per heavy atom. The summed E-state index contributed by atoms with van der Waals surface area (Å²) in [7, 11) is -3.19. The van der Waals surface area contributed by atoms with Crippen LogP contribution in [0.15, 0.2) is 17.1 Å². The van der Waals surface area contributed by atoms with Gasteiger partial charge in [-0.15, -0.1) is 0 Å². The highest BCUT2D eigenvalue weighted by atomic mass is 32.1. The molecule has 0 atom stereocenters. The lowest BCUT2D eigenvalue weighted by atomic mass is 10.6. The van der Waals surface area contributed by atoms with Gasteiger partial charge >= 0.3 is 13.3 Å². The van der Waals surface area contributed by atoms with E-state index in [9.17, 15) is 9.36 Å². The topological polar surface area (TPSA) is 82.5 Å². The van der Waals surface area contributed by atoms with E-state index in [1.807, 2.05) is 0 Å². The summed E-state index contributed by atoms with van der Waals surface area (Å²) in [6.07, 6.45) is 1.45. The average molecular weight is 322 g/mol. The van der Waals surface area contributed by atoms with Gasteiger partial charge in [0.1, 0.15) is 11.0 Å². The first-order chi connectivity index (χ1) is 9.50. The lowest BCUT2D eigenvalue weighted by molar-refractivity contribution is 0.126. The molecule has 114 valence electrons. The molecule has 0 unspecified atom stereocenters. The lowest BCUT2D eigenvalue weighted by Crippen LogP contribution is -2.24. The summed E-state index contributed by atoms with van der Waals surface area (Å²) >= 11 is 4.83. The fourth-order valence-corrected chi connectivity index (χ4v) is 2.98. The smallest absolute Gasteiger partial charge is 0.356 e. The van der Waals surface area contributed by atoms with Gasteiger partial charge in [-0.25, -0.2) is 4.79 Å². The average Bonchev–Trinajstić information content (AvgIpc) is 2.37. The first-order valence-corrected chi connectivity index (χ1v) is 8.40. The van der Waals surface area contributed by atoms with Crippen molar-refractivity contribution >= 4 is 19.8 Å². The molecule has 0 bridgehead atoms. The molecule has 9 heteroatoms. The molecule has 1 aromatic heterocycles. The van der Waals surface area contributed by atoms with Crippen molar-refractivity contribution in [2.45, 2.75) is 20.4 Å². The van der Waals surface area contributed by atoms with Crippen LogP contribution in [0.2, 0.25) is 0 Å². The second-order valence-electron chi connectivity index (χ2n) is 3.79. The molecule has 7 nitrogen and oxygen atoms in total. The maximum atomic E-state index is 12.1. The van der Waals surface area contributed by atoms with Gasteiger partial charge in [-0.05, 0) is 19.9 Å². The third kappa shape index (κ3) is 5.68. The summed E-state index contributed by atoms with van der Waals surface area (Å²) in [5.74, 6) is 0. The van der Waals surface area contributed by atoms with Crippen LogP contribution in [0.3, 0.4) is 0 Å². The molecule has 0 saturated carbocycles. The van der Waals surface area contributed by atoms with E-state index in [1.54, 1.807) is 26.1 Å². The van der Waals surface area contributed by atoms with Crippen molar-refractivity contribution in [1.29, 1.82) is 0 Å². The predicted molar refractivity (Wildman–Crippen MR) is 77.6 cm³/mol. The Morgan fingerprint density at radius 1 is 1.35 bits per heavy atom. The van der Waals surface area contributed by atoms with Crippen LogP contribution in [0.5, 0.6) is 0 Å². The minimum Gasteiger partial charge on any atom is -0.367 e. The molecule has 0 amide bonds. The Bertz CT molecular complexity index is 560. The molecule has 1 N–H and O–H groups in total. The summed E-state index contributed by atoms with van der Waals surface area (Å²) in [6.45, 7) is 4.58. The van der Waals surface area contributed by atoms with Gasteiger partial charge < -0.3 is 13.8 Å². The molecule has 0 radical (unpaired) electrons. The SMILES string of the molecule is CCOP(=O)(COCCn1ccc(=S)[nH]c1=O)OCC. The Kier molecular flexibility index (Phi) is 7.32. The van der Waals surface area contributed by atoms with Crippen LogP contribution in [0, 0.1) is 4.64 Å². The number of hydrogen-bond donors (Lipinski definition) is 1. The van der Waals surface area contributed by atoms with Crippen molar-refractivity contribution in [3.05, 3.63) is 27.4 Å². The van der Waals surface area contributed by atoms with E-state index < -0.39 is 7.60 Å². The van der Waals surface area contributed by atoms with E-state index in [-0.39, 0.29) is 31.9 Å². The van der Waals surface area contributed by atoms with E-state index in [1.165, 1.54) is 4.57 Å². The molecular weight excluding hydrogens is 303 g/mol. The lowest BCUT2D eigenvalue weighted by Gasteiger charge is -2.16. The van der Waals surface area contributed by atoms with Gasteiger partial charge in [-0.1, -0.05) is 12.2 Å². The zero-order valence-electron chi connectivity index (χ0n) is 11.5. The standard InChI is InChI=1S/C11H19N2O5PS/c1-3-17-19(15,18-4-2)9-16-8-7-13-6-5-10(20)12-11(13)14/h5-6H,3-4,7-9H2,1-2H3,(H,12,14,20). The number of rotatable bonds is 9. The van der Waals surface area contributed by atoms with Crippen molar-refractivity contribution in [3.8, 4) is 0 Å². The second-order valence-corrected chi connectivity index (χ2v) is 6.22. The Hall–Kier alpha value is -0.790. The number of aromatic nitrogens is 2. The number of H-pyrrole nitrogens is 1. The normalized spacial score (nSPS) is 11.7. The van der Waals surface area contributed by atoms with Gasteiger partial charge in [0, 0.05) is 6.20 Å². The maximum absolute atomic E-state index is 12.1. The molecule has 0 aromatic carbocycles. The van der Waals surface area contributed by atoms with E-state index >= 15 is 0 Å². The fraction of sp³-hybridized carbons (Fsp3) is 0.636. The van der Waals surface area contributed by atoms with Gasteiger partial charge in [-0.2, -0.15) is 0 Å². The van der Waals surface area contributed by atoms with Crippen molar-refractivity contribution < 1.29 is 18.3 Å². The van der Waals surface area contributed by atoms with Crippen LogP contribution in [-0.4, -0.2) is 35.7 Å². The van der Waals surface area contributed by atoms with E-state index in [0.717, 1.165) is 0 Å². The highest BCUT2D eigenvalue weighted by molar-refractivity contribution is 7.71. The van der Waals surface area contributed by atoms with Crippen LogP contribution in [0.25, 0.3) is 0 Å². The summed E-state index contributed by atoms with van der Waals surface area (Å²) in [5, 5.41) is 0. The maximum Gasteiger partial charge on any atom is 0.356 e. The van der Waals surface area contributed by atoms with E-state index in [0.29, 0.717) is 11.2 Å². The quantitative estimate of drug-likeness (QED) is 0.426. The summed E-state index contributed by atoms with van der Waals surface area (Å²) in [6, 6.07) is 1.61. The van der Waals surface area contributed by atoms with Gasteiger partial charge in [0.05, 0.1) is 26.4 Å². The third-order valence-electron chi connectivity index (χ3n) is 2.27. The van der Waals surface area contributed by atoms with Crippen molar-refractivity contribution in [2.24, 2.45) is 0 Å². The summed E-state index contributed by atoms with van der Waals surface area (Å²) in [5.41, 5.74) is -0.307. The number of aromatic amines is 1. The van der Waals surface area contributed by atoms with E-state index in [4.69, 9.17) is 26.0 Å². The first-order valence-electron chi connectivity index (χ1n) is 6.26. The molecule has 0 aliphatic heterocycles. The van der Waals surface area contributed by atoms with Crippen molar-refractivity contribution in [2.75, 3.05) is 26.2 Å². The third-order valence-corrected chi connectivity index (χ3v) is 4.31. The van der Waals surface area contributed by atoms with E-state index in [2.05, 4.69) is 4.98 Å². The van der Waals surface area contributed by atoms with Crippen LogP contribution >= 0.6 is 19.8 Å². The zero-order valence-corrected chi connectivity index (χ0v) is 13.2. The number of ether oxygens (including phenoxy) is 1. The molecule has 0 saturated heterocycles. The molecule has 1 aromatic rings.